The van der Waals surface area contributed by atoms with Crippen molar-refractivity contribution in [1.29, 1.82) is 0 Å². The van der Waals surface area contributed by atoms with Crippen molar-refractivity contribution in [1.82, 2.24) is 20.4 Å². The minimum atomic E-state index is -2.56. The Morgan fingerprint density at radius 3 is 2.80 bits per heavy atom. The number of methoxy groups -OCH3 is 1. The summed E-state index contributed by atoms with van der Waals surface area (Å²) in [6, 6.07) is 4.80. The highest BCUT2D eigenvalue weighted by atomic mass is 19.3. The third kappa shape index (κ3) is 4.49. The number of rotatable bonds is 7. The predicted molar refractivity (Wildman–Crippen MR) is 84.4 cm³/mol. The number of halogens is 2. The van der Waals surface area contributed by atoms with Crippen LogP contribution in [0.4, 0.5) is 8.78 Å². The molecule has 25 heavy (non-hydrogen) atoms. The van der Waals surface area contributed by atoms with E-state index < -0.39 is 13.0 Å². The molecule has 7 nitrogen and oxygen atoms in total. The van der Waals surface area contributed by atoms with Gasteiger partial charge in [-0.05, 0) is 37.9 Å². The molecule has 3 rings (SSSR count). The highest BCUT2D eigenvalue weighted by Gasteiger charge is 2.29. The maximum atomic E-state index is 12.2. The number of nitrogens with zero attached hydrogens (tertiary/aromatic N) is 3. The largest absolute Gasteiger partial charge is 0.472 e. The van der Waals surface area contributed by atoms with Crippen molar-refractivity contribution in [2.24, 2.45) is 5.92 Å². The summed E-state index contributed by atoms with van der Waals surface area (Å²) < 4.78 is 40.3. The second-order valence-corrected chi connectivity index (χ2v) is 5.76. The number of pyridine rings is 1. The monoisotopic (exact) mass is 354 g/mol. The standard InChI is InChI=1S/C16H20F2N4O3/c1-23-14(10-5-7-19-8-6-10)16-21-15(22-25-16)11-3-2-4-13(20-11)24-9-12(17)18/h2-4,10,12,14,19H,5-9H2,1H3. The highest BCUT2D eigenvalue weighted by Crippen LogP contribution is 2.31. The lowest BCUT2D eigenvalue weighted by Gasteiger charge is -2.27. The number of ether oxygens (including phenoxy) is 2. The van der Waals surface area contributed by atoms with Crippen LogP contribution in [-0.2, 0) is 4.74 Å². The molecule has 2 aromatic heterocycles. The van der Waals surface area contributed by atoms with Gasteiger partial charge < -0.3 is 19.3 Å². The van der Waals surface area contributed by atoms with Gasteiger partial charge in [-0.15, -0.1) is 0 Å². The zero-order chi connectivity index (χ0) is 17.6. The summed E-state index contributed by atoms with van der Waals surface area (Å²) in [5, 5.41) is 7.24. The van der Waals surface area contributed by atoms with Crippen LogP contribution in [0, 0.1) is 5.92 Å². The molecule has 136 valence electrons. The fourth-order valence-electron chi connectivity index (χ4n) is 2.86. The molecule has 1 N–H and O–H groups in total. The molecule has 0 spiro atoms. The molecule has 9 heteroatoms. The van der Waals surface area contributed by atoms with E-state index in [1.807, 2.05) is 0 Å². The Morgan fingerprint density at radius 1 is 1.28 bits per heavy atom. The molecular weight excluding hydrogens is 334 g/mol. The van der Waals surface area contributed by atoms with E-state index >= 15 is 0 Å². The minimum absolute atomic E-state index is 0.0887. The Kier molecular flexibility index (Phi) is 5.87. The normalized spacial score (nSPS) is 17.0. The van der Waals surface area contributed by atoms with Crippen molar-refractivity contribution in [2.75, 3.05) is 26.8 Å². The Hall–Kier alpha value is -2.13. The first-order valence-electron chi connectivity index (χ1n) is 8.13. The Labute approximate surface area is 143 Å². The SMILES string of the molecule is COC(c1nc(-c2cccc(OCC(F)F)n2)no1)C1CCNCC1. The summed E-state index contributed by atoms with van der Waals surface area (Å²) in [4.78, 5) is 8.51. The second-order valence-electron chi connectivity index (χ2n) is 5.76. The van der Waals surface area contributed by atoms with Crippen LogP contribution in [0.15, 0.2) is 22.7 Å². The molecule has 0 aromatic carbocycles. The molecule has 1 aliphatic rings. The molecule has 0 radical (unpaired) electrons. The van der Waals surface area contributed by atoms with Crippen molar-refractivity contribution in [3.05, 3.63) is 24.1 Å². The molecule has 1 unspecified atom stereocenters. The number of alkyl halides is 2. The maximum Gasteiger partial charge on any atom is 0.272 e. The molecule has 1 saturated heterocycles. The van der Waals surface area contributed by atoms with Crippen LogP contribution in [0.5, 0.6) is 5.88 Å². The zero-order valence-electron chi connectivity index (χ0n) is 13.8. The van der Waals surface area contributed by atoms with Crippen molar-refractivity contribution < 1.29 is 22.8 Å². The number of hydrogen-bond donors (Lipinski definition) is 1. The summed E-state index contributed by atoms with van der Waals surface area (Å²) in [5.74, 6) is 1.05. The van der Waals surface area contributed by atoms with E-state index in [1.165, 1.54) is 6.07 Å². The lowest BCUT2D eigenvalue weighted by molar-refractivity contribution is 0.0145. The van der Waals surface area contributed by atoms with Crippen molar-refractivity contribution in [3.63, 3.8) is 0 Å². The van der Waals surface area contributed by atoms with Gasteiger partial charge in [-0.2, -0.15) is 4.98 Å². The predicted octanol–water partition coefficient (Wildman–Crippen LogP) is 2.46. The summed E-state index contributed by atoms with van der Waals surface area (Å²) in [6.07, 6.45) is -0.909. The van der Waals surface area contributed by atoms with Crippen LogP contribution in [0.1, 0.15) is 24.8 Å². The van der Waals surface area contributed by atoms with Crippen LogP contribution in [0.3, 0.4) is 0 Å². The van der Waals surface area contributed by atoms with E-state index in [2.05, 4.69) is 20.4 Å². The van der Waals surface area contributed by atoms with Gasteiger partial charge in [0, 0.05) is 13.2 Å². The summed E-state index contributed by atoms with van der Waals surface area (Å²) >= 11 is 0. The molecule has 0 bridgehead atoms. The first-order chi connectivity index (χ1) is 12.2. The summed E-state index contributed by atoms with van der Waals surface area (Å²) in [6.45, 7) is 1.14. The summed E-state index contributed by atoms with van der Waals surface area (Å²) in [7, 11) is 1.62. The third-order valence-electron chi connectivity index (χ3n) is 4.06. The van der Waals surface area contributed by atoms with Crippen molar-refractivity contribution in [3.8, 4) is 17.4 Å². The van der Waals surface area contributed by atoms with Crippen molar-refractivity contribution >= 4 is 0 Å². The van der Waals surface area contributed by atoms with Gasteiger partial charge in [-0.1, -0.05) is 11.2 Å². The second kappa shape index (κ2) is 8.30. The number of nitrogens with one attached hydrogen (secondary N) is 1. The first-order valence-corrected chi connectivity index (χ1v) is 8.13. The molecule has 2 aromatic rings. The van der Waals surface area contributed by atoms with Crippen LogP contribution in [0.2, 0.25) is 0 Å². The highest BCUT2D eigenvalue weighted by molar-refractivity contribution is 5.49. The third-order valence-corrected chi connectivity index (χ3v) is 4.06. The number of hydrogen-bond acceptors (Lipinski definition) is 7. The average molecular weight is 354 g/mol. The summed E-state index contributed by atoms with van der Waals surface area (Å²) in [5.41, 5.74) is 0.391. The van der Waals surface area contributed by atoms with Gasteiger partial charge in [-0.3, -0.25) is 0 Å². The van der Waals surface area contributed by atoms with E-state index in [-0.39, 0.29) is 17.8 Å². The lowest BCUT2D eigenvalue weighted by atomic mass is 9.92. The number of aromatic nitrogens is 3. The smallest absolute Gasteiger partial charge is 0.272 e. The molecule has 1 aliphatic heterocycles. The van der Waals surface area contributed by atoms with E-state index in [0.717, 1.165) is 25.9 Å². The van der Waals surface area contributed by atoms with Crippen molar-refractivity contribution in [2.45, 2.75) is 25.4 Å². The molecular formula is C16H20F2N4O3. The van der Waals surface area contributed by atoms with E-state index in [0.29, 0.717) is 17.5 Å². The average Bonchev–Trinajstić information content (AvgIpc) is 3.12. The minimum Gasteiger partial charge on any atom is -0.472 e. The van der Waals surface area contributed by atoms with Gasteiger partial charge in [0.05, 0.1) is 0 Å². The lowest BCUT2D eigenvalue weighted by Crippen LogP contribution is -2.31. The topological polar surface area (TPSA) is 82.3 Å². The fraction of sp³-hybridized carbons (Fsp3) is 0.562. The number of piperidine rings is 1. The first kappa shape index (κ1) is 17.7. The quantitative estimate of drug-likeness (QED) is 0.818. The van der Waals surface area contributed by atoms with Gasteiger partial charge >= 0.3 is 0 Å². The molecule has 1 atom stereocenters. The van der Waals surface area contributed by atoms with Gasteiger partial charge in [0.25, 0.3) is 12.3 Å². The molecule has 0 aliphatic carbocycles. The van der Waals surface area contributed by atoms with E-state index in [4.69, 9.17) is 14.0 Å². The van der Waals surface area contributed by atoms with E-state index in [9.17, 15) is 8.78 Å². The van der Waals surface area contributed by atoms with Gasteiger partial charge in [0.1, 0.15) is 11.8 Å². The van der Waals surface area contributed by atoms with Crippen LogP contribution >= 0.6 is 0 Å². The van der Waals surface area contributed by atoms with Crippen LogP contribution < -0.4 is 10.1 Å². The fourth-order valence-corrected chi connectivity index (χ4v) is 2.86. The Morgan fingerprint density at radius 2 is 2.08 bits per heavy atom. The Balaban J connectivity index is 1.75. The van der Waals surface area contributed by atoms with Gasteiger partial charge in [0.2, 0.25) is 11.7 Å². The Bertz CT molecular complexity index is 677. The molecule has 3 heterocycles. The van der Waals surface area contributed by atoms with E-state index in [1.54, 1.807) is 19.2 Å². The van der Waals surface area contributed by atoms with Crippen LogP contribution in [0.25, 0.3) is 11.5 Å². The van der Waals surface area contributed by atoms with Crippen LogP contribution in [-0.4, -0.2) is 48.4 Å². The molecule has 0 amide bonds. The molecule has 1 fully saturated rings. The molecule has 0 saturated carbocycles. The maximum absolute atomic E-state index is 12.2. The van der Waals surface area contributed by atoms with Gasteiger partial charge in [-0.25, -0.2) is 13.8 Å². The van der Waals surface area contributed by atoms with Gasteiger partial charge in [0.15, 0.2) is 6.61 Å². The zero-order valence-corrected chi connectivity index (χ0v) is 13.8.